The van der Waals surface area contributed by atoms with Gasteiger partial charge in [0, 0.05) is 11.9 Å². The summed E-state index contributed by atoms with van der Waals surface area (Å²) >= 11 is 0.974. The number of halogens is 3. The molecule has 0 aliphatic rings. The molecule has 0 fully saturated rings. The summed E-state index contributed by atoms with van der Waals surface area (Å²) in [6.07, 6.45) is -2.27. The molecule has 1 amide bonds. The van der Waals surface area contributed by atoms with Crippen molar-refractivity contribution in [2.24, 2.45) is 0 Å². The van der Waals surface area contributed by atoms with E-state index in [1.165, 1.54) is 0 Å². The number of rotatable bonds is 3. The van der Waals surface area contributed by atoms with Crippen LogP contribution in [0.2, 0.25) is 0 Å². The number of thioether (sulfide) groups is 1. The molecule has 4 nitrogen and oxygen atoms in total. The fourth-order valence-corrected chi connectivity index (χ4v) is 2.26. The molecule has 122 valence electrons. The Morgan fingerprint density at radius 3 is 2.57 bits per heavy atom. The number of anilines is 1. The highest BCUT2D eigenvalue weighted by atomic mass is 32.2. The molecule has 1 N–H and O–H groups in total. The Kier molecular flexibility index (Phi) is 4.93. The molecule has 0 spiro atoms. The second kappa shape index (κ2) is 6.57. The van der Waals surface area contributed by atoms with Crippen LogP contribution in [-0.2, 0) is 6.18 Å². The first-order valence-electron chi connectivity index (χ1n) is 6.60. The summed E-state index contributed by atoms with van der Waals surface area (Å²) in [5, 5.41) is 2.45. The number of aryl methyl sites for hydroxylation is 1. The molecule has 0 unspecified atom stereocenters. The van der Waals surface area contributed by atoms with Gasteiger partial charge in [0.25, 0.3) is 5.91 Å². The first-order valence-corrected chi connectivity index (χ1v) is 7.82. The Bertz CT molecular complexity index is 747. The van der Waals surface area contributed by atoms with Crippen molar-refractivity contribution in [2.75, 3.05) is 11.6 Å². The molecule has 0 aliphatic heterocycles. The van der Waals surface area contributed by atoms with Gasteiger partial charge in [0.1, 0.15) is 0 Å². The average Bonchev–Trinajstić information content (AvgIpc) is 2.50. The normalized spacial score (nSPS) is 11.4. The van der Waals surface area contributed by atoms with Crippen LogP contribution in [0.5, 0.6) is 0 Å². The molecule has 23 heavy (non-hydrogen) atoms. The van der Waals surface area contributed by atoms with Gasteiger partial charge in [0.2, 0.25) is 0 Å². The number of nitrogens with zero attached hydrogens (tertiary/aromatic N) is 2. The number of carbonyl (C=O) groups is 1. The molecule has 0 bridgehead atoms. The van der Waals surface area contributed by atoms with E-state index in [1.54, 1.807) is 25.3 Å². The van der Waals surface area contributed by atoms with E-state index < -0.39 is 23.3 Å². The van der Waals surface area contributed by atoms with Gasteiger partial charge < -0.3 is 5.32 Å². The topological polar surface area (TPSA) is 54.9 Å². The number of benzene rings is 1. The van der Waals surface area contributed by atoms with Crippen LogP contribution in [-0.4, -0.2) is 22.1 Å². The predicted octanol–water partition coefficient (Wildman–Crippen LogP) is 4.09. The van der Waals surface area contributed by atoms with Crippen LogP contribution in [0.4, 0.5) is 18.9 Å². The highest BCUT2D eigenvalue weighted by Crippen LogP contribution is 2.31. The zero-order valence-corrected chi connectivity index (χ0v) is 13.5. The number of amides is 1. The van der Waals surface area contributed by atoms with Crippen molar-refractivity contribution in [3.8, 4) is 0 Å². The quantitative estimate of drug-likeness (QED) is 0.675. The van der Waals surface area contributed by atoms with Gasteiger partial charge in [0.05, 0.1) is 5.56 Å². The third-order valence-electron chi connectivity index (χ3n) is 3.32. The van der Waals surface area contributed by atoms with Gasteiger partial charge in [0.15, 0.2) is 10.9 Å². The predicted molar refractivity (Wildman–Crippen MR) is 82.7 cm³/mol. The number of aromatic nitrogens is 2. The van der Waals surface area contributed by atoms with Gasteiger partial charge in [-0.3, -0.25) is 4.79 Å². The van der Waals surface area contributed by atoms with Crippen molar-refractivity contribution in [3.63, 3.8) is 0 Å². The maximum absolute atomic E-state index is 13.1. The molecule has 1 aromatic heterocycles. The molecule has 0 saturated carbocycles. The lowest BCUT2D eigenvalue weighted by molar-refractivity contribution is -0.142. The standard InChI is InChI=1S/C15H14F3N3OS/c1-8-5-4-6-11(9(8)2)20-13(22)10-7-19-14(23-3)21-12(10)15(16,17)18/h4-7H,1-3H3,(H,20,22). The van der Waals surface area contributed by atoms with Crippen molar-refractivity contribution < 1.29 is 18.0 Å². The van der Waals surface area contributed by atoms with E-state index in [0.29, 0.717) is 5.69 Å². The van der Waals surface area contributed by atoms with Gasteiger partial charge in [-0.1, -0.05) is 23.9 Å². The maximum Gasteiger partial charge on any atom is 0.434 e. The monoisotopic (exact) mass is 341 g/mol. The van der Waals surface area contributed by atoms with E-state index in [2.05, 4.69) is 15.3 Å². The lowest BCUT2D eigenvalue weighted by Crippen LogP contribution is -2.21. The number of alkyl halides is 3. The van der Waals surface area contributed by atoms with Crippen molar-refractivity contribution in [1.29, 1.82) is 0 Å². The SMILES string of the molecule is CSc1ncc(C(=O)Nc2cccc(C)c2C)c(C(F)(F)F)n1. The summed E-state index contributed by atoms with van der Waals surface area (Å²) in [5.74, 6) is -0.890. The van der Waals surface area contributed by atoms with Crippen LogP contribution < -0.4 is 5.32 Å². The van der Waals surface area contributed by atoms with Crippen LogP contribution in [0, 0.1) is 13.8 Å². The van der Waals surface area contributed by atoms with Crippen molar-refractivity contribution in [3.05, 3.63) is 46.8 Å². The molecular formula is C15H14F3N3OS. The van der Waals surface area contributed by atoms with Gasteiger partial charge in [-0.25, -0.2) is 9.97 Å². The van der Waals surface area contributed by atoms with Crippen molar-refractivity contribution in [1.82, 2.24) is 9.97 Å². The van der Waals surface area contributed by atoms with Crippen molar-refractivity contribution >= 4 is 23.4 Å². The molecule has 2 aromatic rings. The van der Waals surface area contributed by atoms with Crippen LogP contribution in [0.15, 0.2) is 29.6 Å². The van der Waals surface area contributed by atoms with Gasteiger partial charge in [-0.05, 0) is 37.3 Å². The summed E-state index contributed by atoms with van der Waals surface area (Å²) < 4.78 is 39.4. The van der Waals surface area contributed by atoms with Crippen LogP contribution >= 0.6 is 11.8 Å². The summed E-state index contributed by atoms with van der Waals surface area (Å²) in [5.41, 5.74) is 0.330. The molecule has 1 aromatic carbocycles. The number of hydrogen-bond donors (Lipinski definition) is 1. The average molecular weight is 341 g/mol. The minimum absolute atomic E-state index is 0.0411. The Hall–Kier alpha value is -2.09. The summed E-state index contributed by atoms with van der Waals surface area (Å²) in [6.45, 7) is 3.63. The molecule has 2 rings (SSSR count). The third kappa shape index (κ3) is 3.82. The van der Waals surface area contributed by atoms with Gasteiger partial charge in [-0.2, -0.15) is 13.2 Å². The molecule has 0 saturated heterocycles. The molecular weight excluding hydrogens is 327 g/mol. The Balaban J connectivity index is 2.41. The summed E-state index contributed by atoms with van der Waals surface area (Å²) in [6, 6.07) is 5.20. The lowest BCUT2D eigenvalue weighted by atomic mass is 10.1. The Labute approximate surface area is 135 Å². The smallest absolute Gasteiger partial charge is 0.322 e. The van der Waals surface area contributed by atoms with E-state index >= 15 is 0 Å². The zero-order valence-electron chi connectivity index (χ0n) is 12.7. The Morgan fingerprint density at radius 2 is 1.96 bits per heavy atom. The Morgan fingerprint density at radius 1 is 1.26 bits per heavy atom. The van der Waals surface area contributed by atoms with Gasteiger partial charge >= 0.3 is 6.18 Å². The molecule has 8 heteroatoms. The molecule has 0 aliphatic carbocycles. The summed E-state index contributed by atoms with van der Waals surface area (Å²) in [4.78, 5) is 19.4. The largest absolute Gasteiger partial charge is 0.434 e. The first kappa shape index (κ1) is 17.3. The molecule has 1 heterocycles. The van der Waals surface area contributed by atoms with Crippen LogP contribution in [0.25, 0.3) is 0 Å². The van der Waals surface area contributed by atoms with Crippen LogP contribution in [0.1, 0.15) is 27.2 Å². The maximum atomic E-state index is 13.1. The molecule has 0 atom stereocenters. The number of nitrogens with one attached hydrogen (secondary N) is 1. The highest BCUT2D eigenvalue weighted by molar-refractivity contribution is 7.98. The zero-order chi connectivity index (χ0) is 17.2. The number of carbonyl (C=O) groups excluding carboxylic acids is 1. The van der Waals surface area contributed by atoms with Crippen LogP contribution in [0.3, 0.4) is 0 Å². The van der Waals surface area contributed by atoms with Gasteiger partial charge in [-0.15, -0.1) is 0 Å². The summed E-state index contributed by atoms with van der Waals surface area (Å²) in [7, 11) is 0. The second-order valence-electron chi connectivity index (χ2n) is 4.82. The first-order chi connectivity index (χ1) is 10.7. The fraction of sp³-hybridized carbons (Fsp3) is 0.267. The van der Waals surface area contributed by atoms with E-state index in [1.807, 2.05) is 13.0 Å². The minimum Gasteiger partial charge on any atom is -0.322 e. The van der Waals surface area contributed by atoms with E-state index in [4.69, 9.17) is 0 Å². The number of hydrogen-bond acceptors (Lipinski definition) is 4. The van der Waals surface area contributed by atoms with Crippen molar-refractivity contribution in [2.45, 2.75) is 25.2 Å². The van der Waals surface area contributed by atoms with E-state index in [0.717, 1.165) is 29.1 Å². The minimum atomic E-state index is -4.73. The third-order valence-corrected chi connectivity index (χ3v) is 3.88. The van der Waals surface area contributed by atoms with E-state index in [9.17, 15) is 18.0 Å². The fourth-order valence-electron chi connectivity index (χ4n) is 1.92. The molecule has 0 radical (unpaired) electrons. The lowest BCUT2D eigenvalue weighted by Gasteiger charge is -2.14. The van der Waals surface area contributed by atoms with E-state index in [-0.39, 0.29) is 5.16 Å². The highest BCUT2D eigenvalue weighted by Gasteiger charge is 2.38. The second-order valence-corrected chi connectivity index (χ2v) is 5.59.